The maximum atomic E-state index is 11.6. The molecule has 1 N–H and O–H groups in total. The fraction of sp³-hybridized carbons (Fsp3) is 0.800. The van der Waals surface area contributed by atoms with Crippen molar-refractivity contribution in [1.29, 1.82) is 0 Å². The first kappa shape index (κ1) is 12.0. The SMILES string of the molecule is CC(O)CCN1CCCN(C)C(=O)C1=O. The van der Waals surface area contributed by atoms with Gasteiger partial charge in [-0.15, -0.1) is 0 Å². The van der Waals surface area contributed by atoms with E-state index in [0.29, 0.717) is 26.1 Å². The van der Waals surface area contributed by atoms with Gasteiger partial charge in [0.15, 0.2) is 0 Å². The van der Waals surface area contributed by atoms with Crippen LogP contribution in [0.5, 0.6) is 0 Å². The molecule has 1 rings (SSSR count). The Morgan fingerprint density at radius 1 is 1.33 bits per heavy atom. The van der Waals surface area contributed by atoms with E-state index in [4.69, 9.17) is 5.11 Å². The first-order valence-electron chi connectivity index (χ1n) is 5.25. The quantitative estimate of drug-likeness (QED) is 0.641. The summed E-state index contributed by atoms with van der Waals surface area (Å²) >= 11 is 0. The van der Waals surface area contributed by atoms with Crippen molar-refractivity contribution in [2.75, 3.05) is 26.7 Å². The lowest BCUT2D eigenvalue weighted by molar-refractivity contribution is -0.149. The van der Waals surface area contributed by atoms with Gasteiger partial charge in [0.2, 0.25) is 0 Å². The number of aliphatic hydroxyl groups is 1. The Morgan fingerprint density at radius 3 is 2.60 bits per heavy atom. The van der Waals surface area contributed by atoms with Gasteiger partial charge in [0.25, 0.3) is 0 Å². The minimum absolute atomic E-state index is 0.436. The Balaban J connectivity index is 2.56. The molecule has 0 aromatic heterocycles. The largest absolute Gasteiger partial charge is 0.393 e. The maximum Gasteiger partial charge on any atom is 0.312 e. The highest BCUT2D eigenvalue weighted by molar-refractivity contribution is 6.34. The molecule has 15 heavy (non-hydrogen) atoms. The molecule has 1 aliphatic heterocycles. The minimum atomic E-state index is -0.448. The lowest BCUT2D eigenvalue weighted by Gasteiger charge is -2.20. The smallest absolute Gasteiger partial charge is 0.312 e. The summed E-state index contributed by atoms with van der Waals surface area (Å²) in [5.41, 5.74) is 0. The van der Waals surface area contributed by atoms with Crippen LogP contribution in [0.4, 0.5) is 0 Å². The fourth-order valence-corrected chi connectivity index (χ4v) is 1.56. The van der Waals surface area contributed by atoms with E-state index in [1.807, 2.05) is 0 Å². The molecule has 0 radical (unpaired) electrons. The summed E-state index contributed by atoms with van der Waals surface area (Å²) in [6.07, 6.45) is 0.880. The van der Waals surface area contributed by atoms with Gasteiger partial charge in [-0.05, 0) is 19.8 Å². The van der Waals surface area contributed by atoms with Crippen LogP contribution in [-0.4, -0.2) is 59.5 Å². The summed E-state index contributed by atoms with van der Waals surface area (Å²) in [6, 6.07) is 0. The van der Waals surface area contributed by atoms with E-state index < -0.39 is 17.9 Å². The maximum absolute atomic E-state index is 11.6. The van der Waals surface area contributed by atoms with Gasteiger partial charge in [-0.1, -0.05) is 0 Å². The van der Waals surface area contributed by atoms with Gasteiger partial charge in [-0.2, -0.15) is 0 Å². The monoisotopic (exact) mass is 214 g/mol. The number of rotatable bonds is 3. The molecule has 1 saturated heterocycles. The van der Waals surface area contributed by atoms with E-state index in [0.717, 1.165) is 6.42 Å². The number of hydrogen-bond donors (Lipinski definition) is 1. The first-order chi connectivity index (χ1) is 7.02. The molecule has 1 heterocycles. The normalized spacial score (nSPS) is 20.5. The number of aliphatic hydroxyl groups excluding tert-OH is 1. The second kappa shape index (κ2) is 5.11. The molecule has 0 saturated carbocycles. The highest BCUT2D eigenvalue weighted by atomic mass is 16.3. The molecule has 0 bridgehead atoms. The molecule has 1 atom stereocenters. The highest BCUT2D eigenvalue weighted by Crippen LogP contribution is 2.05. The number of amides is 2. The van der Waals surface area contributed by atoms with Crippen molar-refractivity contribution in [1.82, 2.24) is 9.80 Å². The van der Waals surface area contributed by atoms with E-state index in [2.05, 4.69) is 0 Å². The molecule has 0 spiro atoms. The zero-order chi connectivity index (χ0) is 11.4. The first-order valence-corrected chi connectivity index (χ1v) is 5.25. The van der Waals surface area contributed by atoms with Gasteiger partial charge in [0, 0.05) is 26.7 Å². The molecule has 86 valence electrons. The van der Waals surface area contributed by atoms with Crippen LogP contribution in [0.2, 0.25) is 0 Å². The lowest BCUT2D eigenvalue weighted by Crippen LogP contribution is -2.41. The van der Waals surface area contributed by atoms with Gasteiger partial charge in [-0.3, -0.25) is 9.59 Å². The summed E-state index contributed by atoms with van der Waals surface area (Å²) in [7, 11) is 1.64. The lowest BCUT2D eigenvalue weighted by atomic mass is 10.2. The molecule has 0 aromatic carbocycles. The number of nitrogens with zero attached hydrogens (tertiary/aromatic N) is 2. The zero-order valence-corrected chi connectivity index (χ0v) is 9.27. The topological polar surface area (TPSA) is 60.9 Å². The second-order valence-corrected chi connectivity index (χ2v) is 4.01. The van der Waals surface area contributed by atoms with Crippen LogP contribution >= 0.6 is 0 Å². The minimum Gasteiger partial charge on any atom is -0.393 e. The van der Waals surface area contributed by atoms with Gasteiger partial charge >= 0.3 is 11.8 Å². The number of carbonyl (C=O) groups excluding carboxylic acids is 2. The van der Waals surface area contributed by atoms with Crippen LogP contribution in [-0.2, 0) is 9.59 Å². The van der Waals surface area contributed by atoms with E-state index in [-0.39, 0.29) is 0 Å². The standard InChI is InChI=1S/C10H18N2O3/c1-8(13)4-7-12-6-3-5-11(2)9(14)10(12)15/h8,13H,3-7H2,1-2H3. The average Bonchev–Trinajstić information content (AvgIpc) is 2.29. The van der Waals surface area contributed by atoms with Crippen molar-refractivity contribution in [2.24, 2.45) is 0 Å². The fourth-order valence-electron chi connectivity index (χ4n) is 1.56. The molecule has 0 aliphatic carbocycles. The predicted octanol–water partition coefficient (Wildman–Crippen LogP) is -0.552. The van der Waals surface area contributed by atoms with E-state index in [1.165, 1.54) is 9.80 Å². The van der Waals surface area contributed by atoms with Gasteiger partial charge in [-0.25, -0.2) is 0 Å². The number of hydrogen-bond acceptors (Lipinski definition) is 3. The average molecular weight is 214 g/mol. The Morgan fingerprint density at radius 2 is 2.00 bits per heavy atom. The molecular weight excluding hydrogens is 196 g/mol. The molecule has 5 nitrogen and oxygen atoms in total. The molecule has 1 unspecified atom stereocenters. The van der Waals surface area contributed by atoms with Crippen LogP contribution in [0.25, 0.3) is 0 Å². The summed E-state index contributed by atoms with van der Waals surface area (Å²) in [4.78, 5) is 26.1. The van der Waals surface area contributed by atoms with Crippen LogP contribution in [0.15, 0.2) is 0 Å². The van der Waals surface area contributed by atoms with E-state index >= 15 is 0 Å². The van der Waals surface area contributed by atoms with Crippen molar-refractivity contribution in [3.8, 4) is 0 Å². The summed E-state index contributed by atoms with van der Waals surface area (Å²) < 4.78 is 0. The van der Waals surface area contributed by atoms with Crippen molar-refractivity contribution in [3.63, 3.8) is 0 Å². The molecule has 1 aliphatic rings. The number of carbonyl (C=O) groups is 2. The zero-order valence-electron chi connectivity index (χ0n) is 9.27. The third-order valence-corrected chi connectivity index (χ3v) is 2.56. The van der Waals surface area contributed by atoms with Crippen LogP contribution in [0, 0.1) is 0 Å². The van der Waals surface area contributed by atoms with E-state index in [1.54, 1.807) is 14.0 Å². The third-order valence-electron chi connectivity index (χ3n) is 2.56. The van der Waals surface area contributed by atoms with Crippen LogP contribution < -0.4 is 0 Å². The van der Waals surface area contributed by atoms with Crippen molar-refractivity contribution in [2.45, 2.75) is 25.9 Å². The molecular formula is C10H18N2O3. The summed E-state index contributed by atoms with van der Waals surface area (Å²) in [5, 5.41) is 9.12. The van der Waals surface area contributed by atoms with Crippen molar-refractivity contribution < 1.29 is 14.7 Å². The third kappa shape index (κ3) is 3.20. The Labute approximate surface area is 89.7 Å². The second-order valence-electron chi connectivity index (χ2n) is 4.01. The highest BCUT2D eigenvalue weighted by Gasteiger charge is 2.27. The van der Waals surface area contributed by atoms with E-state index in [9.17, 15) is 9.59 Å². The molecule has 1 fully saturated rings. The Hall–Kier alpha value is -1.10. The Kier molecular flexibility index (Phi) is 4.08. The van der Waals surface area contributed by atoms with Crippen molar-refractivity contribution >= 4 is 11.8 Å². The van der Waals surface area contributed by atoms with Gasteiger partial charge in [0.05, 0.1) is 6.10 Å². The van der Waals surface area contributed by atoms with Gasteiger partial charge < -0.3 is 14.9 Å². The predicted molar refractivity (Wildman–Crippen MR) is 55.1 cm³/mol. The van der Waals surface area contributed by atoms with Crippen molar-refractivity contribution in [3.05, 3.63) is 0 Å². The number of likely N-dealkylation sites (N-methyl/N-ethyl adjacent to an activating group) is 1. The van der Waals surface area contributed by atoms with Gasteiger partial charge in [0.1, 0.15) is 0 Å². The van der Waals surface area contributed by atoms with Crippen LogP contribution in [0.1, 0.15) is 19.8 Å². The molecule has 5 heteroatoms. The summed E-state index contributed by atoms with van der Waals surface area (Å²) in [5.74, 6) is -0.895. The molecule has 0 aromatic rings. The Bertz CT molecular complexity index is 253. The summed E-state index contributed by atoms with van der Waals surface area (Å²) in [6.45, 7) is 3.35. The molecule has 2 amide bonds. The van der Waals surface area contributed by atoms with Crippen LogP contribution in [0.3, 0.4) is 0 Å².